The molecule has 26 heavy (non-hydrogen) atoms. The molecule has 1 saturated heterocycles. The number of aliphatic carboxylic acids is 1. The topological polar surface area (TPSA) is 95.0 Å². The Bertz CT molecular complexity index is 788. The lowest BCUT2D eigenvalue weighted by Gasteiger charge is -2.37. The molecule has 0 unspecified atom stereocenters. The maximum Gasteiger partial charge on any atom is 0.323 e. The van der Waals surface area contributed by atoms with Crippen LogP contribution >= 0.6 is 0 Å². The fourth-order valence-corrected chi connectivity index (χ4v) is 4.15. The van der Waals surface area contributed by atoms with Crippen molar-refractivity contribution in [2.45, 2.75) is 32.7 Å². The van der Waals surface area contributed by atoms with Crippen LogP contribution in [-0.4, -0.2) is 66.0 Å². The van der Waals surface area contributed by atoms with Crippen LogP contribution in [0, 0.1) is 12.7 Å². The maximum absolute atomic E-state index is 13.8. The molecule has 0 aliphatic carbocycles. The van der Waals surface area contributed by atoms with Gasteiger partial charge in [0, 0.05) is 24.7 Å². The fourth-order valence-electron chi connectivity index (χ4n) is 3.02. The van der Waals surface area contributed by atoms with Crippen molar-refractivity contribution in [3.8, 4) is 0 Å². The van der Waals surface area contributed by atoms with Gasteiger partial charge in [0.05, 0.1) is 5.75 Å². The summed E-state index contributed by atoms with van der Waals surface area (Å²) in [7, 11) is -3.31. The van der Waals surface area contributed by atoms with Crippen molar-refractivity contribution in [1.82, 2.24) is 9.21 Å². The van der Waals surface area contributed by atoms with E-state index < -0.39 is 40.3 Å². The first-order valence-electron chi connectivity index (χ1n) is 8.42. The molecule has 0 radical (unpaired) electrons. The zero-order valence-corrected chi connectivity index (χ0v) is 15.6. The Morgan fingerprint density at radius 3 is 2.42 bits per heavy atom. The van der Waals surface area contributed by atoms with E-state index in [2.05, 4.69) is 0 Å². The average molecular weight is 386 g/mol. The number of nitrogens with zero attached hydrogens (tertiary/aromatic N) is 2. The first kappa shape index (κ1) is 20.3. The molecule has 0 atom stereocenters. The number of amides is 1. The molecule has 7 nitrogen and oxygen atoms in total. The van der Waals surface area contributed by atoms with Crippen LogP contribution in [0.5, 0.6) is 0 Å². The molecule has 1 aromatic rings. The van der Waals surface area contributed by atoms with Gasteiger partial charge in [0.25, 0.3) is 5.91 Å². The molecule has 9 heteroatoms. The van der Waals surface area contributed by atoms with Crippen LogP contribution in [0.25, 0.3) is 0 Å². The number of hydrogen-bond donors (Lipinski definition) is 1. The van der Waals surface area contributed by atoms with Crippen molar-refractivity contribution in [3.05, 3.63) is 35.1 Å². The smallest absolute Gasteiger partial charge is 0.323 e. The van der Waals surface area contributed by atoms with Crippen LogP contribution < -0.4 is 0 Å². The number of rotatable bonds is 6. The highest BCUT2D eigenvalue weighted by Crippen LogP contribution is 2.22. The SMILES string of the molecule is CCS(=O)(=O)N1CCC(N(CC(=O)O)C(=O)c2ccc(C)c(F)c2)CC1. The highest BCUT2D eigenvalue weighted by molar-refractivity contribution is 7.89. The van der Waals surface area contributed by atoms with Crippen molar-refractivity contribution < 1.29 is 27.5 Å². The largest absolute Gasteiger partial charge is 0.480 e. The van der Waals surface area contributed by atoms with Gasteiger partial charge in [-0.3, -0.25) is 9.59 Å². The highest BCUT2D eigenvalue weighted by Gasteiger charge is 2.33. The molecule has 1 aromatic carbocycles. The second-order valence-corrected chi connectivity index (χ2v) is 8.58. The summed E-state index contributed by atoms with van der Waals surface area (Å²) >= 11 is 0. The molecular formula is C17H23FN2O5S. The van der Waals surface area contributed by atoms with E-state index in [1.54, 1.807) is 13.8 Å². The standard InChI is InChI=1S/C17H23FN2O5S/c1-3-26(24,25)19-8-6-14(7-9-19)20(11-16(21)22)17(23)13-5-4-12(2)15(18)10-13/h4-5,10,14H,3,6-9,11H2,1-2H3,(H,21,22). The molecule has 2 rings (SSSR count). The Morgan fingerprint density at radius 2 is 1.92 bits per heavy atom. The number of hydrogen-bond acceptors (Lipinski definition) is 4. The van der Waals surface area contributed by atoms with Gasteiger partial charge in [-0.2, -0.15) is 0 Å². The number of carbonyl (C=O) groups is 2. The van der Waals surface area contributed by atoms with Crippen LogP contribution in [0.15, 0.2) is 18.2 Å². The molecule has 0 saturated carbocycles. The van der Waals surface area contributed by atoms with Gasteiger partial charge in [-0.1, -0.05) is 6.07 Å². The molecule has 1 aliphatic rings. The zero-order chi connectivity index (χ0) is 19.5. The number of sulfonamides is 1. The van der Waals surface area contributed by atoms with Crippen molar-refractivity contribution in [1.29, 1.82) is 0 Å². The molecule has 1 amide bonds. The third-order valence-corrected chi connectivity index (χ3v) is 6.49. The molecule has 0 bridgehead atoms. The van der Waals surface area contributed by atoms with Crippen LogP contribution in [-0.2, 0) is 14.8 Å². The number of halogens is 1. The molecule has 1 fully saturated rings. The third-order valence-electron chi connectivity index (χ3n) is 4.61. The van der Waals surface area contributed by atoms with E-state index in [1.807, 2.05) is 0 Å². The van der Waals surface area contributed by atoms with Crippen LogP contribution in [0.1, 0.15) is 35.7 Å². The Balaban J connectivity index is 2.19. The van der Waals surface area contributed by atoms with Gasteiger partial charge in [-0.15, -0.1) is 0 Å². The summed E-state index contributed by atoms with van der Waals surface area (Å²) in [6.07, 6.45) is 0.680. The second kappa shape index (κ2) is 8.13. The molecule has 1 N–H and O–H groups in total. The number of carboxylic acids is 1. The van der Waals surface area contributed by atoms with E-state index in [0.29, 0.717) is 18.4 Å². The minimum Gasteiger partial charge on any atom is -0.480 e. The van der Waals surface area contributed by atoms with E-state index in [0.717, 1.165) is 6.07 Å². The number of benzene rings is 1. The monoisotopic (exact) mass is 386 g/mol. The Kier molecular flexibility index (Phi) is 6.35. The molecule has 0 aromatic heterocycles. The second-order valence-electron chi connectivity index (χ2n) is 6.32. The maximum atomic E-state index is 13.8. The summed E-state index contributed by atoms with van der Waals surface area (Å²) in [6, 6.07) is 3.62. The van der Waals surface area contributed by atoms with Crippen molar-refractivity contribution in [2.24, 2.45) is 0 Å². The summed E-state index contributed by atoms with van der Waals surface area (Å²) in [5.41, 5.74) is 0.474. The predicted octanol–water partition coefficient (Wildman–Crippen LogP) is 1.48. The van der Waals surface area contributed by atoms with Crippen molar-refractivity contribution in [2.75, 3.05) is 25.4 Å². The summed E-state index contributed by atoms with van der Waals surface area (Å²) in [4.78, 5) is 25.1. The molecule has 144 valence electrons. The van der Waals surface area contributed by atoms with Crippen molar-refractivity contribution in [3.63, 3.8) is 0 Å². The summed E-state index contributed by atoms with van der Waals surface area (Å²) < 4.78 is 39.0. The predicted molar refractivity (Wildman–Crippen MR) is 93.9 cm³/mol. The quantitative estimate of drug-likeness (QED) is 0.799. The first-order valence-corrected chi connectivity index (χ1v) is 10.0. The van der Waals surface area contributed by atoms with Gasteiger partial charge in [0.2, 0.25) is 10.0 Å². The zero-order valence-electron chi connectivity index (χ0n) is 14.8. The highest BCUT2D eigenvalue weighted by atomic mass is 32.2. The number of carboxylic acid groups (broad SMARTS) is 1. The summed E-state index contributed by atoms with van der Waals surface area (Å²) in [5.74, 6) is -2.27. The molecule has 1 heterocycles. The normalized spacial score (nSPS) is 16.4. The van der Waals surface area contributed by atoms with Gasteiger partial charge in [-0.05, 0) is 44.4 Å². The third kappa shape index (κ3) is 4.59. The van der Waals surface area contributed by atoms with Gasteiger partial charge >= 0.3 is 5.97 Å². The first-order chi connectivity index (χ1) is 12.2. The minimum atomic E-state index is -3.31. The van der Waals surface area contributed by atoms with E-state index in [-0.39, 0.29) is 24.4 Å². The van der Waals surface area contributed by atoms with Gasteiger partial charge in [0.15, 0.2) is 0 Å². The van der Waals surface area contributed by atoms with E-state index in [9.17, 15) is 22.4 Å². The lowest BCUT2D eigenvalue weighted by atomic mass is 10.0. The lowest BCUT2D eigenvalue weighted by molar-refractivity contribution is -0.138. The fraction of sp³-hybridized carbons (Fsp3) is 0.529. The average Bonchev–Trinajstić information content (AvgIpc) is 2.61. The van der Waals surface area contributed by atoms with Gasteiger partial charge in [0.1, 0.15) is 12.4 Å². The Labute approximate surface area is 152 Å². The molecular weight excluding hydrogens is 363 g/mol. The minimum absolute atomic E-state index is 0.00190. The Morgan fingerprint density at radius 1 is 1.31 bits per heavy atom. The van der Waals surface area contributed by atoms with E-state index in [4.69, 9.17) is 5.11 Å². The van der Waals surface area contributed by atoms with E-state index >= 15 is 0 Å². The molecule has 1 aliphatic heterocycles. The summed E-state index contributed by atoms with van der Waals surface area (Å²) in [5, 5.41) is 9.15. The Hall–Kier alpha value is -2.00. The number of piperidine rings is 1. The van der Waals surface area contributed by atoms with E-state index in [1.165, 1.54) is 21.3 Å². The number of aryl methyl sites for hydroxylation is 1. The van der Waals surface area contributed by atoms with Gasteiger partial charge in [-0.25, -0.2) is 17.1 Å². The van der Waals surface area contributed by atoms with Crippen LogP contribution in [0.3, 0.4) is 0 Å². The van der Waals surface area contributed by atoms with Crippen molar-refractivity contribution >= 4 is 21.9 Å². The lowest BCUT2D eigenvalue weighted by Crippen LogP contribution is -2.50. The molecule has 0 spiro atoms. The van der Waals surface area contributed by atoms with Crippen LogP contribution in [0.4, 0.5) is 4.39 Å². The van der Waals surface area contributed by atoms with Gasteiger partial charge < -0.3 is 10.0 Å². The summed E-state index contributed by atoms with van der Waals surface area (Å²) in [6.45, 7) is 3.08. The van der Waals surface area contributed by atoms with Crippen LogP contribution in [0.2, 0.25) is 0 Å². The number of carbonyl (C=O) groups excluding carboxylic acids is 1.